The van der Waals surface area contributed by atoms with Crippen LogP contribution in [0.4, 0.5) is 0 Å². The fraction of sp³-hybridized carbons (Fsp3) is 0.440. The van der Waals surface area contributed by atoms with Crippen molar-refractivity contribution in [3.8, 4) is 11.5 Å². The average molecular weight is 499 g/mol. The number of ether oxygens (including phenoxy) is 2. The van der Waals surface area contributed by atoms with E-state index in [2.05, 4.69) is 0 Å². The zero-order chi connectivity index (χ0) is 24.3. The Labute approximate surface area is 205 Å². The van der Waals surface area contributed by atoms with Gasteiger partial charge in [0.1, 0.15) is 11.5 Å². The van der Waals surface area contributed by atoms with E-state index in [4.69, 9.17) is 42.9 Å². The van der Waals surface area contributed by atoms with Gasteiger partial charge in [-0.1, -0.05) is 79.9 Å². The summed E-state index contributed by atoms with van der Waals surface area (Å²) in [7, 11) is 0. The lowest BCUT2D eigenvalue weighted by Crippen LogP contribution is -2.09. The van der Waals surface area contributed by atoms with Gasteiger partial charge < -0.3 is 19.7 Å². The summed E-state index contributed by atoms with van der Waals surface area (Å²) < 4.78 is 10.5. The molecular weight excluding hydrogens is 467 g/mol. The smallest absolute Gasteiger partial charge is 0.341 e. The van der Waals surface area contributed by atoms with Gasteiger partial charge in [0, 0.05) is 11.4 Å². The summed E-state index contributed by atoms with van der Waals surface area (Å²) >= 11 is 11.3. The number of aliphatic carboxylic acids is 2. The highest BCUT2D eigenvalue weighted by molar-refractivity contribution is 6.35. The van der Waals surface area contributed by atoms with Crippen LogP contribution in [0.1, 0.15) is 57.8 Å². The Balaban J connectivity index is 0.000000361. The SMILES string of the molecule is O=C(O)CCCCCCCCCCOc1ccccc1.O=C(O)COc1ccc(Cl)cc1Cl. The number of rotatable bonds is 15. The highest BCUT2D eigenvalue weighted by Gasteiger charge is 2.04. The number of unbranched alkanes of at least 4 members (excludes halogenated alkanes) is 7. The minimum atomic E-state index is -1.05. The summed E-state index contributed by atoms with van der Waals surface area (Å²) in [6, 6.07) is 14.5. The van der Waals surface area contributed by atoms with Crippen molar-refractivity contribution in [2.24, 2.45) is 0 Å². The van der Waals surface area contributed by atoms with Crippen molar-refractivity contribution in [1.29, 1.82) is 0 Å². The van der Waals surface area contributed by atoms with Crippen LogP contribution in [-0.4, -0.2) is 35.4 Å². The van der Waals surface area contributed by atoms with Gasteiger partial charge in [-0.15, -0.1) is 0 Å². The molecule has 0 heterocycles. The molecule has 0 aliphatic heterocycles. The number of carboxylic acids is 2. The van der Waals surface area contributed by atoms with Crippen molar-refractivity contribution in [2.45, 2.75) is 57.8 Å². The molecule has 0 unspecified atom stereocenters. The van der Waals surface area contributed by atoms with Crippen LogP contribution in [0.25, 0.3) is 0 Å². The molecule has 0 aliphatic carbocycles. The molecule has 2 rings (SSSR count). The van der Waals surface area contributed by atoms with E-state index in [9.17, 15) is 9.59 Å². The van der Waals surface area contributed by atoms with E-state index in [1.807, 2.05) is 30.3 Å². The minimum absolute atomic E-state index is 0.300. The van der Waals surface area contributed by atoms with E-state index < -0.39 is 18.5 Å². The maximum atomic E-state index is 10.3. The monoisotopic (exact) mass is 498 g/mol. The van der Waals surface area contributed by atoms with Crippen LogP contribution in [0, 0.1) is 0 Å². The summed E-state index contributed by atoms with van der Waals surface area (Å²) in [5.74, 6) is -0.464. The third kappa shape index (κ3) is 15.9. The summed E-state index contributed by atoms with van der Waals surface area (Å²) in [5.41, 5.74) is 0. The second-order valence-corrected chi connectivity index (χ2v) is 8.23. The third-order valence-electron chi connectivity index (χ3n) is 4.54. The van der Waals surface area contributed by atoms with Crippen LogP contribution < -0.4 is 9.47 Å². The number of hydrogen-bond acceptors (Lipinski definition) is 4. The molecule has 0 bridgehead atoms. The fourth-order valence-corrected chi connectivity index (χ4v) is 3.34. The Morgan fingerprint density at radius 3 is 1.91 bits per heavy atom. The first-order valence-electron chi connectivity index (χ1n) is 11.1. The van der Waals surface area contributed by atoms with E-state index in [1.165, 1.54) is 37.8 Å². The van der Waals surface area contributed by atoms with Crippen molar-refractivity contribution in [1.82, 2.24) is 0 Å². The van der Waals surface area contributed by atoms with E-state index in [-0.39, 0.29) is 0 Å². The molecule has 0 saturated carbocycles. The van der Waals surface area contributed by atoms with Crippen LogP contribution >= 0.6 is 23.2 Å². The van der Waals surface area contributed by atoms with Crippen molar-refractivity contribution in [2.75, 3.05) is 13.2 Å². The van der Waals surface area contributed by atoms with E-state index in [0.29, 0.717) is 22.2 Å². The predicted octanol–water partition coefficient (Wildman–Crippen LogP) is 7.12. The largest absolute Gasteiger partial charge is 0.494 e. The molecular formula is C25H32Cl2O6. The Morgan fingerprint density at radius 1 is 0.727 bits per heavy atom. The Hall–Kier alpha value is -2.44. The maximum Gasteiger partial charge on any atom is 0.341 e. The molecule has 0 atom stereocenters. The van der Waals surface area contributed by atoms with Gasteiger partial charge in [-0.2, -0.15) is 0 Å². The molecule has 0 saturated heterocycles. The summed E-state index contributed by atoms with van der Waals surface area (Å²) in [4.78, 5) is 20.5. The second-order valence-electron chi connectivity index (χ2n) is 7.39. The van der Waals surface area contributed by atoms with Crippen molar-refractivity contribution < 1.29 is 29.3 Å². The first kappa shape index (κ1) is 28.6. The lowest BCUT2D eigenvalue weighted by molar-refractivity contribution is -0.139. The van der Waals surface area contributed by atoms with Crippen molar-refractivity contribution in [3.63, 3.8) is 0 Å². The Kier molecular flexibility index (Phi) is 15.6. The van der Waals surface area contributed by atoms with E-state index in [1.54, 1.807) is 6.07 Å². The maximum absolute atomic E-state index is 10.3. The quantitative estimate of drug-likeness (QED) is 0.254. The zero-order valence-corrected chi connectivity index (χ0v) is 20.2. The molecule has 2 N–H and O–H groups in total. The lowest BCUT2D eigenvalue weighted by atomic mass is 10.1. The van der Waals surface area contributed by atoms with Gasteiger partial charge in [0.25, 0.3) is 0 Å². The summed E-state index contributed by atoms with van der Waals surface area (Å²) in [5, 5.41) is 17.6. The number of carbonyl (C=O) groups is 2. The molecule has 2 aromatic rings. The number of benzene rings is 2. The second kappa shape index (κ2) is 18.0. The molecule has 33 heavy (non-hydrogen) atoms. The van der Waals surface area contributed by atoms with Gasteiger partial charge >= 0.3 is 11.9 Å². The van der Waals surface area contributed by atoms with Gasteiger partial charge in [-0.3, -0.25) is 4.79 Å². The van der Waals surface area contributed by atoms with Gasteiger partial charge in [0.05, 0.1) is 11.6 Å². The third-order valence-corrected chi connectivity index (χ3v) is 5.07. The van der Waals surface area contributed by atoms with Crippen LogP contribution in [0.5, 0.6) is 11.5 Å². The van der Waals surface area contributed by atoms with Crippen LogP contribution in [0.2, 0.25) is 10.0 Å². The molecule has 182 valence electrons. The standard InChI is InChI=1S/C17H26O3.C8H6Cl2O3/c18-17(19)14-10-5-3-1-2-4-6-11-15-20-16-12-8-7-9-13-16;9-5-1-2-7(6(10)3-5)13-4-8(11)12/h7-9,12-13H,1-6,10-11,14-15H2,(H,18,19);1-3H,4H2,(H,11,12). The Morgan fingerprint density at radius 2 is 1.33 bits per heavy atom. The zero-order valence-electron chi connectivity index (χ0n) is 18.7. The fourth-order valence-electron chi connectivity index (χ4n) is 2.88. The van der Waals surface area contributed by atoms with Crippen LogP contribution in [0.3, 0.4) is 0 Å². The van der Waals surface area contributed by atoms with Gasteiger partial charge in [-0.25, -0.2) is 4.79 Å². The lowest BCUT2D eigenvalue weighted by Gasteiger charge is -2.05. The predicted molar refractivity (Wildman–Crippen MR) is 131 cm³/mol. The van der Waals surface area contributed by atoms with E-state index in [0.717, 1.165) is 38.0 Å². The van der Waals surface area contributed by atoms with Crippen LogP contribution in [-0.2, 0) is 9.59 Å². The molecule has 8 heteroatoms. The van der Waals surface area contributed by atoms with Crippen molar-refractivity contribution >= 4 is 35.1 Å². The number of halogens is 2. The molecule has 0 aliphatic rings. The molecule has 0 spiro atoms. The summed E-state index contributed by atoms with van der Waals surface area (Å²) in [6.07, 6.45) is 9.37. The van der Waals surface area contributed by atoms with Crippen LogP contribution in [0.15, 0.2) is 48.5 Å². The number of para-hydroxylation sites is 1. The van der Waals surface area contributed by atoms with Gasteiger partial charge in [-0.05, 0) is 43.2 Å². The summed E-state index contributed by atoms with van der Waals surface area (Å²) in [6.45, 7) is 0.379. The molecule has 0 radical (unpaired) electrons. The number of carboxylic acid groups (broad SMARTS) is 2. The van der Waals surface area contributed by atoms with Gasteiger partial charge in [0.15, 0.2) is 6.61 Å². The molecule has 2 aromatic carbocycles. The van der Waals surface area contributed by atoms with Gasteiger partial charge in [0.2, 0.25) is 0 Å². The van der Waals surface area contributed by atoms with E-state index >= 15 is 0 Å². The molecule has 0 aromatic heterocycles. The topological polar surface area (TPSA) is 93.1 Å². The average Bonchev–Trinajstić information content (AvgIpc) is 2.78. The highest BCUT2D eigenvalue weighted by atomic mass is 35.5. The minimum Gasteiger partial charge on any atom is -0.494 e. The first-order chi connectivity index (χ1) is 15.9. The van der Waals surface area contributed by atoms with Crippen molar-refractivity contribution in [3.05, 3.63) is 58.6 Å². The Bertz CT molecular complexity index is 814. The molecule has 0 fully saturated rings. The highest BCUT2D eigenvalue weighted by Crippen LogP contribution is 2.27. The molecule has 6 nitrogen and oxygen atoms in total. The number of hydrogen-bond donors (Lipinski definition) is 2. The normalized spacial score (nSPS) is 10.1. The molecule has 0 amide bonds. The first-order valence-corrected chi connectivity index (χ1v) is 11.8.